The number of Topliss-reactive ketones (excluding diaryl/α,β-unsaturated/α-hetero) is 1. The van der Waals surface area contributed by atoms with Crippen LogP contribution in [0.15, 0.2) is 12.1 Å². The topological polar surface area (TPSA) is 71.6 Å². The third-order valence-electron chi connectivity index (χ3n) is 4.79. The van der Waals surface area contributed by atoms with Gasteiger partial charge in [0.2, 0.25) is 0 Å². The quantitative estimate of drug-likeness (QED) is 0.553. The molecule has 0 radical (unpaired) electrons. The summed E-state index contributed by atoms with van der Waals surface area (Å²) in [4.78, 5) is 30.0. The Hall–Kier alpha value is -2.60. The first-order chi connectivity index (χ1) is 13.2. The second-order valence-corrected chi connectivity index (χ2v) is 7.20. The Bertz CT molecular complexity index is 860. The molecule has 2 rings (SSSR count). The number of H-pyrrole nitrogens is 1. The highest BCUT2D eigenvalue weighted by molar-refractivity contribution is 6.02. The minimum Gasteiger partial charge on any atom is -0.496 e. The minimum atomic E-state index is -0.398. The molecule has 1 aromatic heterocycles. The lowest BCUT2D eigenvalue weighted by molar-refractivity contribution is 0.0525. The Labute approximate surface area is 166 Å². The summed E-state index contributed by atoms with van der Waals surface area (Å²) in [5.41, 5.74) is 5.49. The number of methoxy groups -OCH3 is 1. The maximum absolute atomic E-state index is 12.8. The van der Waals surface area contributed by atoms with E-state index in [9.17, 15) is 9.59 Å². The van der Waals surface area contributed by atoms with Crippen molar-refractivity contribution in [3.8, 4) is 5.75 Å². The van der Waals surface area contributed by atoms with E-state index >= 15 is 0 Å². The van der Waals surface area contributed by atoms with Gasteiger partial charge >= 0.3 is 5.97 Å². The number of carbonyl (C=O) groups is 2. The lowest BCUT2D eigenvalue weighted by Crippen LogP contribution is -2.26. The molecule has 28 heavy (non-hydrogen) atoms. The standard InChI is InChI=1S/C22H30N2O4/c1-8-28-22(26)19-15(4)20(23-16(19)5)18(25)12-24(6)11-17-9-13(2)21(27-7)14(3)10-17/h9-10,23H,8,11-12H2,1-7H3. The smallest absolute Gasteiger partial charge is 0.340 e. The summed E-state index contributed by atoms with van der Waals surface area (Å²) in [5, 5.41) is 0. The maximum Gasteiger partial charge on any atom is 0.340 e. The monoisotopic (exact) mass is 386 g/mol. The summed E-state index contributed by atoms with van der Waals surface area (Å²) in [5.74, 6) is 0.442. The summed E-state index contributed by atoms with van der Waals surface area (Å²) in [6.07, 6.45) is 0. The van der Waals surface area contributed by atoms with Gasteiger partial charge in [-0.25, -0.2) is 4.79 Å². The normalized spacial score (nSPS) is 11.0. The number of ketones is 1. The van der Waals surface area contributed by atoms with E-state index in [0.717, 1.165) is 22.4 Å². The number of hydrogen-bond acceptors (Lipinski definition) is 5. The Morgan fingerprint density at radius 1 is 1.11 bits per heavy atom. The Morgan fingerprint density at radius 2 is 1.71 bits per heavy atom. The number of likely N-dealkylation sites (N-methyl/N-ethyl adjacent to an activating group) is 1. The van der Waals surface area contributed by atoms with E-state index in [1.54, 1.807) is 27.9 Å². The summed E-state index contributed by atoms with van der Waals surface area (Å²) >= 11 is 0. The second-order valence-electron chi connectivity index (χ2n) is 7.20. The summed E-state index contributed by atoms with van der Waals surface area (Å²) in [6.45, 7) is 10.5. The molecule has 152 valence electrons. The molecular formula is C22H30N2O4. The highest BCUT2D eigenvalue weighted by Gasteiger charge is 2.23. The third kappa shape index (κ3) is 4.62. The number of aromatic nitrogens is 1. The molecule has 0 atom stereocenters. The molecular weight excluding hydrogens is 356 g/mol. The van der Waals surface area contributed by atoms with Gasteiger partial charge in [0.25, 0.3) is 0 Å². The molecule has 6 nitrogen and oxygen atoms in total. The van der Waals surface area contributed by atoms with E-state index in [-0.39, 0.29) is 12.3 Å². The first-order valence-corrected chi connectivity index (χ1v) is 9.41. The molecule has 0 unspecified atom stereocenters. The molecule has 0 fully saturated rings. The number of esters is 1. The number of carbonyl (C=O) groups excluding carboxylic acids is 2. The van der Waals surface area contributed by atoms with Gasteiger partial charge in [-0.05, 0) is 63.9 Å². The summed E-state index contributed by atoms with van der Waals surface area (Å²) in [6, 6.07) is 4.16. The van der Waals surface area contributed by atoms with Crippen molar-refractivity contribution in [1.29, 1.82) is 0 Å². The molecule has 0 bridgehead atoms. The fourth-order valence-electron chi connectivity index (χ4n) is 3.68. The first kappa shape index (κ1) is 21.7. The zero-order valence-electron chi connectivity index (χ0n) is 17.9. The SMILES string of the molecule is CCOC(=O)c1c(C)[nH]c(C(=O)CN(C)Cc2cc(C)c(OC)c(C)c2)c1C. The van der Waals surface area contributed by atoms with Gasteiger partial charge < -0.3 is 14.5 Å². The molecule has 2 aromatic rings. The van der Waals surface area contributed by atoms with E-state index in [0.29, 0.717) is 35.7 Å². The number of aryl methyl sites for hydroxylation is 3. The number of ether oxygens (including phenoxy) is 2. The van der Waals surface area contributed by atoms with Crippen LogP contribution in [0.4, 0.5) is 0 Å². The molecule has 0 saturated heterocycles. The number of aromatic amines is 1. The second kappa shape index (κ2) is 9.06. The van der Waals surface area contributed by atoms with Crippen LogP contribution < -0.4 is 4.74 Å². The molecule has 0 aliphatic carbocycles. The Kier molecular flexibility index (Phi) is 7.02. The van der Waals surface area contributed by atoms with E-state index in [1.807, 2.05) is 25.8 Å². The first-order valence-electron chi connectivity index (χ1n) is 9.41. The van der Waals surface area contributed by atoms with Crippen LogP contribution in [0.5, 0.6) is 5.75 Å². The lowest BCUT2D eigenvalue weighted by atomic mass is 10.0. The van der Waals surface area contributed by atoms with Gasteiger partial charge in [0.05, 0.1) is 31.5 Å². The van der Waals surface area contributed by atoms with Crippen LogP contribution in [0, 0.1) is 27.7 Å². The van der Waals surface area contributed by atoms with Crippen LogP contribution in [0.25, 0.3) is 0 Å². The van der Waals surface area contributed by atoms with Crippen molar-refractivity contribution in [2.24, 2.45) is 0 Å². The largest absolute Gasteiger partial charge is 0.496 e. The zero-order chi connectivity index (χ0) is 21.0. The zero-order valence-corrected chi connectivity index (χ0v) is 17.9. The average molecular weight is 386 g/mol. The van der Waals surface area contributed by atoms with E-state index in [4.69, 9.17) is 9.47 Å². The molecule has 1 N–H and O–H groups in total. The molecule has 6 heteroatoms. The molecule has 0 amide bonds. The number of nitrogens with one attached hydrogen (secondary N) is 1. The van der Waals surface area contributed by atoms with Gasteiger partial charge in [0.1, 0.15) is 5.75 Å². The van der Waals surface area contributed by atoms with Crippen molar-refractivity contribution in [1.82, 2.24) is 9.88 Å². The number of nitrogens with zero attached hydrogens (tertiary/aromatic N) is 1. The van der Waals surface area contributed by atoms with E-state index < -0.39 is 5.97 Å². The van der Waals surface area contributed by atoms with Crippen molar-refractivity contribution in [2.45, 2.75) is 41.2 Å². The van der Waals surface area contributed by atoms with Gasteiger partial charge in [-0.1, -0.05) is 12.1 Å². The van der Waals surface area contributed by atoms with E-state index in [2.05, 4.69) is 17.1 Å². The maximum atomic E-state index is 12.8. The van der Waals surface area contributed by atoms with Gasteiger partial charge in [-0.15, -0.1) is 0 Å². The van der Waals surface area contributed by atoms with Gasteiger partial charge in [0.15, 0.2) is 5.78 Å². The van der Waals surface area contributed by atoms with Gasteiger partial charge in [0, 0.05) is 12.2 Å². The number of hydrogen-bond donors (Lipinski definition) is 1. The van der Waals surface area contributed by atoms with Crippen molar-refractivity contribution < 1.29 is 19.1 Å². The summed E-state index contributed by atoms with van der Waals surface area (Å²) in [7, 11) is 3.58. The fourth-order valence-corrected chi connectivity index (χ4v) is 3.68. The van der Waals surface area contributed by atoms with Gasteiger partial charge in [-0.2, -0.15) is 0 Å². The van der Waals surface area contributed by atoms with Gasteiger partial charge in [-0.3, -0.25) is 9.69 Å². The number of rotatable bonds is 8. The summed E-state index contributed by atoms with van der Waals surface area (Å²) < 4.78 is 10.5. The van der Waals surface area contributed by atoms with Crippen LogP contribution >= 0.6 is 0 Å². The highest BCUT2D eigenvalue weighted by Crippen LogP contribution is 2.25. The Morgan fingerprint density at radius 3 is 2.25 bits per heavy atom. The van der Waals surface area contributed by atoms with Crippen molar-refractivity contribution in [3.05, 3.63) is 51.3 Å². The molecule has 0 saturated carbocycles. The van der Waals surface area contributed by atoms with Crippen molar-refractivity contribution in [3.63, 3.8) is 0 Å². The van der Waals surface area contributed by atoms with Crippen LogP contribution in [-0.2, 0) is 11.3 Å². The highest BCUT2D eigenvalue weighted by atomic mass is 16.5. The molecule has 0 spiro atoms. The van der Waals surface area contributed by atoms with Crippen LogP contribution in [-0.4, -0.2) is 48.9 Å². The molecule has 0 aliphatic rings. The molecule has 0 aliphatic heterocycles. The van der Waals surface area contributed by atoms with Crippen molar-refractivity contribution in [2.75, 3.05) is 27.3 Å². The van der Waals surface area contributed by atoms with Crippen LogP contribution in [0.2, 0.25) is 0 Å². The average Bonchev–Trinajstić information content (AvgIpc) is 2.89. The minimum absolute atomic E-state index is 0.0550. The predicted molar refractivity (Wildman–Crippen MR) is 109 cm³/mol. The number of benzene rings is 1. The third-order valence-corrected chi connectivity index (χ3v) is 4.79. The van der Waals surface area contributed by atoms with Crippen LogP contribution in [0.3, 0.4) is 0 Å². The predicted octanol–water partition coefficient (Wildman–Crippen LogP) is 3.75. The van der Waals surface area contributed by atoms with Crippen LogP contribution in [0.1, 0.15) is 55.7 Å². The lowest BCUT2D eigenvalue weighted by Gasteiger charge is -2.18. The van der Waals surface area contributed by atoms with E-state index in [1.165, 1.54) is 0 Å². The van der Waals surface area contributed by atoms with Crippen molar-refractivity contribution >= 4 is 11.8 Å². The Balaban J connectivity index is 2.13. The molecule has 1 aromatic carbocycles. The molecule has 1 heterocycles. The fraction of sp³-hybridized carbons (Fsp3) is 0.455.